The molecule has 1 aromatic carbocycles. The molecule has 6 heteroatoms. The summed E-state index contributed by atoms with van der Waals surface area (Å²) in [7, 11) is 0. The molecule has 0 aromatic heterocycles. The number of rotatable bonds is 3. The van der Waals surface area contributed by atoms with Crippen LogP contribution in [-0.4, -0.2) is 11.9 Å². The van der Waals surface area contributed by atoms with Crippen molar-refractivity contribution in [3.05, 3.63) is 32.7 Å². The molecule has 0 aliphatic rings. The zero-order chi connectivity index (χ0) is 13.0. The molecule has 4 nitrogen and oxygen atoms in total. The van der Waals surface area contributed by atoms with Gasteiger partial charge in [0.05, 0.1) is 0 Å². The number of esters is 2. The van der Waals surface area contributed by atoms with Gasteiger partial charge in [-0.1, -0.05) is 31.9 Å². The first-order valence-electron chi connectivity index (χ1n) is 4.69. The summed E-state index contributed by atoms with van der Waals surface area (Å²) in [5, 5.41) is 0. The van der Waals surface area contributed by atoms with E-state index in [0.29, 0.717) is 10.0 Å². The van der Waals surface area contributed by atoms with E-state index in [-0.39, 0.29) is 0 Å². The minimum Gasteiger partial charge on any atom is -0.421 e. The minimum atomic E-state index is -1.04. The fraction of sp³-hybridized carbons (Fsp3) is 0.273. The van der Waals surface area contributed by atoms with Gasteiger partial charge in [-0.15, -0.1) is 0 Å². The molecule has 0 aliphatic carbocycles. The van der Waals surface area contributed by atoms with Crippen LogP contribution in [0.5, 0.6) is 0 Å². The first-order chi connectivity index (χ1) is 7.90. The van der Waals surface area contributed by atoms with E-state index in [2.05, 4.69) is 31.9 Å². The molecule has 0 saturated carbocycles. The van der Waals surface area contributed by atoms with Gasteiger partial charge in [-0.25, -0.2) is 0 Å². The lowest BCUT2D eigenvalue weighted by Crippen LogP contribution is -2.15. The summed E-state index contributed by atoms with van der Waals surface area (Å²) in [6.07, 6.45) is -1.04. The SMILES string of the molecule is CC(=O)OC(OC(C)=O)c1cc(Br)ccc1Br. The zero-order valence-corrected chi connectivity index (χ0v) is 12.4. The number of ether oxygens (including phenoxy) is 2. The molecule has 1 rings (SSSR count). The number of halogens is 2. The van der Waals surface area contributed by atoms with Gasteiger partial charge in [0.1, 0.15) is 0 Å². The van der Waals surface area contributed by atoms with Gasteiger partial charge in [0.25, 0.3) is 6.29 Å². The van der Waals surface area contributed by atoms with Crippen LogP contribution in [0, 0.1) is 0 Å². The fourth-order valence-electron chi connectivity index (χ4n) is 1.15. The maximum atomic E-state index is 11.0. The average Bonchev–Trinajstić information content (AvgIpc) is 2.19. The molecule has 1 aromatic rings. The molecule has 0 bridgehead atoms. The molecule has 17 heavy (non-hydrogen) atoms. The van der Waals surface area contributed by atoms with E-state index in [1.165, 1.54) is 13.8 Å². The molecule has 0 fully saturated rings. The molecule has 0 atom stereocenters. The first kappa shape index (κ1) is 14.2. The Balaban J connectivity index is 3.06. The largest absolute Gasteiger partial charge is 0.421 e. The van der Waals surface area contributed by atoms with Crippen LogP contribution in [0.2, 0.25) is 0 Å². The summed E-state index contributed by atoms with van der Waals surface area (Å²) in [5.74, 6) is -1.05. The number of hydrogen-bond donors (Lipinski definition) is 0. The summed E-state index contributed by atoms with van der Waals surface area (Å²) in [5.41, 5.74) is 0.560. The molecular weight excluding hydrogens is 356 g/mol. The van der Waals surface area contributed by atoms with Crippen molar-refractivity contribution in [2.45, 2.75) is 20.1 Å². The lowest BCUT2D eigenvalue weighted by atomic mass is 10.2. The van der Waals surface area contributed by atoms with Crippen molar-refractivity contribution in [3.8, 4) is 0 Å². The Kier molecular flexibility index (Phi) is 5.14. The zero-order valence-electron chi connectivity index (χ0n) is 9.20. The Morgan fingerprint density at radius 3 is 2.12 bits per heavy atom. The Bertz CT molecular complexity index is 429. The van der Waals surface area contributed by atoms with E-state index < -0.39 is 18.2 Å². The molecule has 0 amide bonds. The smallest absolute Gasteiger partial charge is 0.305 e. The Morgan fingerprint density at radius 1 is 1.12 bits per heavy atom. The molecule has 0 N–H and O–H groups in total. The molecule has 0 unspecified atom stereocenters. The number of carbonyl (C=O) groups is 2. The molecule has 0 heterocycles. The van der Waals surface area contributed by atoms with E-state index in [9.17, 15) is 9.59 Å². The van der Waals surface area contributed by atoms with Crippen molar-refractivity contribution in [2.24, 2.45) is 0 Å². The van der Waals surface area contributed by atoms with E-state index >= 15 is 0 Å². The van der Waals surface area contributed by atoms with Gasteiger partial charge in [-0.2, -0.15) is 0 Å². The summed E-state index contributed by atoms with van der Waals surface area (Å²) in [6.45, 7) is 2.50. The molecule has 0 aliphatic heterocycles. The first-order valence-corrected chi connectivity index (χ1v) is 6.28. The second-order valence-corrected chi connectivity index (χ2v) is 4.99. The Labute approximate surface area is 116 Å². The molecule has 0 radical (unpaired) electrons. The van der Waals surface area contributed by atoms with Gasteiger partial charge in [-0.05, 0) is 18.2 Å². The summed E-state index contributed by atoms with van der Waals surface area (Å²) in [4.78, 5) is 21.9. The Morgan fingerprint density at radius 2 is 1.65 bits per heavy atom. The highest BCUT2D eigenvalue weighted by Gasteiger charge is 2.20. The fourth-order valence-corrected chi connectivity index (χ4v) is 1.96. The van der Waals surface area contributed by atoms with Gasteiger partial charge in [0.2, 0.25) is 0 Å². The maximum absolute atomic E-state index is 11.0. The van der Waals surface area contributed by atoms with Gasteiger partial charge >= 0.3 is 11.9 Å². The standard InChI is InChI=1S/C11H10Br2O4/c1-6(14)16-11(17-7(2)15)9-5-8(12)3-4-10(9)13/h3-5,11H,1-2H3. The van der Waals surface area contributed by atoms with Gasteiger partial charge in [0, 0.05) is 28.4 Å². The van der Waals surface area contributed by atoms with Crippen LogP contribution in [0.4, 0.5) is 0 Å². The van der Waals surface area contributed by atoms with Crippen LogP contribution in [-0.2, 0) is 19.1 Å². The van der Waals surface area contributed by atoms with Gasteiger partial charge in [-0.3, -0.25) is 9.59 Å². The average molecular weight is 366 g/mol. The molecule has 92 valence electrons. The minimum absolute atomic E-state index is 0.525. The highest BCUT2D eigenvalue weighted by Crippen LogP contribution is 2.30. The number of hydrogen-bond acceptors (Lipinski definition) is 4. The van der Waals surface area contributed by atoms with Crippen LogP contribution >= 0.6 is 31.9 Å². The van der Waals surface area contributed by atoms with E-state index in [1.54, 1.807) is 12.1 Å². The van der Waals surface area contributed by atoms with Crippen LogP contribution in [0.15, 0.2) is 27.1 Å². The van der Waals surface area contributed by atoms with Crippen LogP contribution < -0.4 is 0 Å². The van der Waals surface area contributed by atoms with Crippen LogP contribution in [0.3, 0.4) is 0 Å². The second kappa shape index (κ2) is 6.16. The molecular formula is C11H10Br2O4. The predicted octanol–water partition coefficient (Wildman–Crippen LogP) is 3.34. The van der Waals surface area contributed by atoms with Crippen molar-refractivity contribution in [1.82, 2.24) is 0 Å². The summed E-state index contributed by atoms with van der Waals surface area (Å²) >= 11 is 6.60. The van der Waals surface area contributed by atoms with Crippen LogP contribution in [0.25, 0.3) is 0 Å². The highest BCUT2D eigenvalue weighted by atomic mass is 79.9. The third-order valence-electron chi connectivity index (χ3n) is 1.76. The van der Waals surface area contributed by atoms with Crippen molar-refractivity contribution < 1.29 is 19.1 Å². The molecule has 0 spiro atoms. The number of carbonyl (C=O) groups excluding carboxylic acids is 2. The lowest BCUT2D eigenvalue weighted by molar-refractivity contribution is -0.186. The highest BCUT2D eigenvalue weighted by molar-refractivity contribution is 9.11. The van der Waals surface area contributed by atoms with Gasteiger partial charge < -0.3 is 9.47 Å². The van der Waals surface area contributed by atoms with E-state index in [4.69, 9.17) is 9.47 Å². The summed E-state index contributed by atoms with van der Waals surface area (Å²) < 4.78 is 11.4. The van der Waals surface area contributed by atoms with E-state index in [0.717, 1.165) is 4.47 Å². The number of benzene rings is 1. The maximum Gasteiger partial charge on any atom is 0.305 e. The topological polar surface area (TPSA) is 52.6 Å². The van der Waals surface area contributed by atoms with Crippen LogP contribution in [0.1, 0.15) is 25.7 Å². The summed E-state index contributed by atoms with van der Waals surface area (Å²) in [6, 6.07) is 5.28. The normalized spacial score (nSPS) is 10.2. The second-order valence-electron chi connectivity index (χ2n) is 3.22. The Hall–Kier alpha value is -0.880. The quantitative estimate of drug-likeness (QED) is 0.609. The third-order valence-corrected chi connectivity index (χ3v) is 2.97. The van der Waals surface area contributed by atoms with Crippen molar-refractivity contribution in [2.75, 3.05) is 0 Å². The van der Waals surface area contributed by atoms with Crippen molar-refractivity contribution >= 4 is 43.8 Å². The van der Waals surface area contributed by atoms with Crippen molar-refractivity contribution in [1.29, 1.82) is 0 Å². The molecule has 0 saturated heterocycles. The lowest BCUT2D eigenvalue weighted by Gasteiger charge is -2.18. The van der Waals surface area contributed by atoms with E-state index in [1.807, 2.05) is 6.07 Å². The van der Waals surface area contributed by atoms with Gasteiger partial charge in [0.15, 0.2) is 0 Å². The monoisotopic (exact) mass is 364 g/mol. The van der Waals surface area contributed by atoms with Crippen molar-refractivity contribution in [3.63, 3.8) is 0 Å². The predicted molar refractivity (Wildman–Crippen MR) is 68.1 cm³/mol. The third kappa shape index (κ3) is 4.47.